The minimum absolute atomic E-state index is 0.680. The molecule has 1 aromatic heterocycles. The number of aryl methyl sites for hydroxylation is 2. The molecule has 1 N–H and O–H groups in total. The summed E-state index contributed by atoms with van der Waals surface area (Å²) in [7, 11) is 0. The Hall–Kier alpha value is -2.59. The van der Waals surface area contributed by atoms with E-state index in [0.717, 1.165) is 53.5 Å². The van der Waals surface area contributed by atoms with Gasteiger partial charge in [-0.1, -0.05) is 30.7 Å². The zero-order valence-electron chi connectivity index (χ0n) is 15.9. The van der Waals surface area contributed by atoms with E-state index in [2.05, 4.69) is 41.3 Å². The number of rotatable bonds is 7. The van der Waals surface area contributed by atoms with Crippen molar-refractivity contribution in [3.8, 4) is 11.5 Å². The molecular weight excluding hydrogens is 358 g/mol. The molecule has 0 atom stereocenters. The lowest BCUT2D eigenvalue weighted by Crippen LogP contribution is -2.09. The third-order valence-corrected chi connectivity index (χ3v) is 4.62. The summed E-state index contributed by atoms with van der Waals surface area (Å²) >= 11 is 6.08. The van der Waals surface area contributed by atoms with E-state index >= 15 is 0 Å². The van der Waals surface area contributed by atoms with Crippen LogP contribution >= 0.6 is 11.6 Å². The van der Waals surface area contributed by atoms with Gasteiger partial charge < -0.3 is 10.1 Å². The summed E-state index contributed by atoms with van der Waals surface area (Å²) in [5, 5.41) is 4.09. The third-order valence-electron chi connectivity index (χ3n) is 4.40. The van der Waals surface area contributed by atoms with E-state index in [4.69, 9.17) is 16.3 Å². The van der Waals surface area contributed by atoms with Crippen molar-refractivity contribution >= 4 is 17.4 Å². The number of aromatic nitrogens is 2. The topological polar surface area (TPSA) is 47.0 Å². The summed E-state index contributed by atoms with van der Waals surface area (Å²) in [5.74, 6) is 2.46. The van der Waals surface area contributed by atoms with Crippen molar-refractivity contribution in [1.82, 2.24) is 9.97 Å². The molecule has 3 rings (SSSR count). The van der Waals surface area contributed by atoms with Crippen LogP contribution in [-0.2, 0) is 12.8 Å². The van der Waals surface area contributed by atoms with Crippen molar-refractivity contribution in [1.29, 1.82) is 0 Å². The molecule has 3 aromatic rings. The Morgan fingerprint density at radius 1 is 1.00 bits per heavy atom. The summed E-state index contributed by atoms with van der Waals surface area (Å²) in [6, 6.07) is 13.8. The normalized spacial score (nSPS) is 10.7. The Kier molecular flexibility index (Phi) is 6.30. The number of anilines is 1. The van der Waals surface area contributed by atoms with Crippen LogP contribution in [0, 0.1) is 13.8 Å². The van der Waals surface area contributed by atoms with E-state index in [1.54, 1.807) is 6.33 Å². The average molecular weight is 382 g/mol. The van der Waals surface area contributed by atoms with Crippen molar-refractivity contribution in [3.05, 3.63) is 76.2 Å². The Morgan fingerprint density at radius 3 is 2.48 bits per heavy atom. The smallest absolute Gasteiger partial charge is 0.132 e. The second-order valence-electron chi connectivity index (χ2n) is 6.53. The van der Waals surface area contributed by atoms with E-state index in [1.807, 2.05) is 37.3 Å². The van der Waals surface area contributed by atoms with Crippen LogP contribution in [0.15, 0.2) is 48.8 Å². The lowest BCUT2D eigenvalue weighted by atomic mass is 10.1. The maximum Gasteiger partial charge on any atom is 0.132 e. The van der Waals surface area contributed by atoms with Gasteiger partial charge in [-0.15, -0.1) is 0 Å². The quantitative estimate of drug-likeness (QED) is 0.565. The van der Waals surface area contributed by atoms with E-state index in [0.29, 0.717) is 5.02 Å². The predicted molar refractivity (Wildman–Crippen MR) is 111 cm³/mol. The van der Waals surface area contributed by atoms with Gasteiger partial charge in [-0.05, 0) is 68.1 Å². The van der Waals surface area contributed by atoms with Gasteiger partial charge in [0.05, 0.1) is 0 Å². The predicted octanol–water partition coefficient (Wildman–Crippen LogP) is 5.76. The van der Waals surface area contributed by atoms with Crippen molar-refractivity contribution in [3.63, 3.8) is 0 Å². The molecule has 0 radical (unpaired) electrons. The first kappa shape index (κ1) is 19.2. The highest BCUT2D eigenvalue weighted by molar-refractivity contribution is 6.30. The highest BCUT2D eigenvalue weighted by atomic mass is 35.5. The second-order valence-corrected chi connectivity index (χ2v) is 6.97. The van der Waals surface area contributed by atoms with Crippen LogP contribution < -0.4 is 10.1 Å². The Balaban J connectivity index is 1.56. The van der Waals surface area contributed by atoms with Gasteiger partial charge in [0.25, 0.3) is 0 Å². The maximum atomic E-state index is 6.08. The minimum atomic E-state index is 0.680. The third kappa shape index (κ3) is 5.20. The molecule has 0 spiro atoms. The fraction of sp³-hybridized carbons (Fsp3) is 0.273. The lowest BCUT2D eigenvalue weighted by molar-refractivity contribution is 0.482. The summed E-state index contributed by atoms with van der Waals surface area (Å²) < 4.78 is 5.89. The molecule has 0 aliphatic carbocycles. The van der Waals surface area contributed by atoms with Crippen LogP contribution in [0.1, 0.15) is 29.3 Å². The highest BCUT2D eigenvalue weighted by Crippen LogP contribution is 2.26. The van der Waals surface area contributed by atoms with Gasteiger partial charge in [0.2, 0.25) is 0 Å². The Labute approximate surface area is 165 Å². The monoisotopic (exact) mass is 381 g/mol. The zero-order chi connectivity index (χ0) is 19.2. The van der Waals surface area contributed by atoms with Crippen molar-refractivity contribution in [2.45, 2.75) is 33.6 Å². The molecule has 0 amide bonds. The molecule has 0 unspecified atom stereocenters. The van der Waals surface area contributed by atoms with E-state index in [1.165, 1.54) is 5.56 Å². The van der Waals surface area contributed by atoms with Crippen LogP contribution in [0.25, 0.3) is 0 Å². The van der Waals surface area contributed by atoms with Gasteiger partial charge in [-0.25, -0.2) is 9.97 Å². The molecule has 0 aliphatic heterocycles. The number of hydrogen-bond acceptors (Lipinski definition) is 4. The van der Waals surface area contributed by atoms with Crippen molar-refractivity contribution in [2.75, 3.05) is 11.9 Å². The maximum absolute atomic E-state index is 6.08. The number of ether oxygens (including phenoxy) is 1. The van der Waals surface area contributed by atoms with Gasteiger partial charge in [-0.2, -0.15) is 0 Å². The lowest BCUT2D eigenvalue weighted by Gasteiger charge is -2.11. The van der Waals surface area contributed by atoms with E-state index in [9.17, 15) is 0 Å². The summed E-state index contributed by atoms with van der Waals surface area (Å²) in [5.41, 5.74) is 4.52. The zero-order valence-corrected chi connectivity index (χ0v) is 16.7. The molecule has 0 saturated heterocycles. The van der Waals surface area contributed by atoms with Crippen molar-refractivity contribution < 1.29 is 4.74 Å². The van der Waals surface area contributed by atoms with E-state index in [-0.39, 0.29) is 0 Å². The molecule has 5 heteroatoms. The standard InChI is InChI=1S/C22H24ClN3O/c1-4-21-16(3)22(26-14-25-21)24-10-9-17-5-7-19(8-6-17)27-20-12-15(2)11-18(23)13-20/h5-8,11-14H,4,9-10H2,1-3H3,(H,24,25,26). The van der Waals surface area contributed by atoms with Crippen LogP contribution in [0.2, 0.25) is 5.02 Å². The van der Waals surface area contributed by atoms with Gasteiger partial charge in [-0.3, -0.25) is 0 Å². The number of benzene rings is 2. The Bertz CT molecular complexity index is 890. The molecule has 2 aromatic carbocycles. The molecule has 0 fully saturated rings. The summed E-state index contributed by atoms with van der Waals surface area (Å²) in [6.45, 7) is 6.98. The fourth-order valence-electron chi connectivity index (χ4n) is 2.97. The van der Waals surface area contributed by atoms with Gasteiger partial charge in [0, 0.05) is 22.8 Å². The first-order valence-electron chi connectivity index (χ1n) is 9.13. The average Bonchev–Trinajstić information content (AvgIpc) is 2.64. The minimum Gasteiger partial charge on any atom is -0.457 e. The molecule has 140 valence electrons. The van der Waals surface area contributed by atoms with Crippen LogP contribution in [-0.4, -0.2) is 16.5 Å². The number of hydrogen-bond donors (Lipinski definition) is 1. The van der Waals surface area contributed by atoms with Crippen molar-refractivity contribution in [2.24, 2.45) is 0 Å². The molecule has 0 saturated carbocycles. The molecule has 0 bridgehead atoms. The van der Waals surface area contributed by atoms with Crippen LogP contribution in [0.3, 0.4) is 0 Å². The van der Waals surface area contributed by atoms with Crippen LogP contribution in [0.4, 0.5) is 5.82 Å². The fourth-order valence-corrected chi connectivity index (χ4v) is 3.25. The van der Waals surface area contributed by atoms with Gasteiger partial charge in [0.15, 0.2) is 0 Å². The second kappa shape index (κ2) is 8.87. The Morgan fingerprint density at radius 2 is 1.78 bits per heavy atom. The summed E-state index contributed by atoms with van der Waals surface area (Å²) in [4.78, 5) is 8.65. The largest absolute Gasteiger partial charge is 0.457 e. The first-order chi connectivity index (χ1) is 13.0. The molecule has 4 nitrogen and oxygen atoms in total. The number of nitrogens with zero attached hydrogens (tertiary/aromatic N) is 2. The first-order valence-corrected chi connectivity index (χ1v) is 9.51. The SMILES string of the molecule is CCc1ncnc(NCCc2ccc(Oc3cc(C)cc(Cl)c3)cc2)c1C. The van der Waals surface area contributed by atoms with Gasteiger partial charge in [0.1, 0.15) is 23.6 Å². The molecule has 1 heterocycles. The number of halogens is 1. The summed E-state index contributed by atoms with van der Waals surface area (Å²) in [6.07, 6.45) is 3.44. The molecule has 0 aliphatic rings. The molecular formula is C22H24ClN3O. The van der Waals surface area contributed by atoms with Gasteiger partial charge >= 0.3 is 0 Å². The number of nitrogens with one attached hydrogen (secondary N) is 1. The van der Waals surface area contributed by atoms with Crippen LogP contribution in [0.5, 0.6) is 11.5 Å². The highest BCUT2D eigenvalue weighted by Gasteiger charge is 2.05. The molecule has 27 heavy (non-hydrogen) atoms. The van der Waals surface area contributed by atoms with E-state index < -0.39 is 0 Å².